The number of nitrogens with two attached hydrogens (primary N) is 1. The van der Waals surface area contributed by atoms with E-state index in [1.165, 1.54) is 0 Å². The number of nitrogens with zero attached hydrogens (tertiary/aromatic N) is 2. The summed E-state index contributed by atoms with van der Waals surface area (Å²) in [4.78, 5) is 15.2. The zero-order valence-electron chi connectivity index (χ0n) is 10.6. The Hall–Kier alpha value is -2.01. The van der Waals surface area contributed by atoms with Gasteiger partial charge in [0.15, 0.2) is 0 Å². The van der Waals surface area contributed by atoms with Gasteiger partial charge in [-0.15, -0.1) is 0 Å². The number of carbonyl (C=O) groups is 1. The van der Waals surface area contributed by atoms with Gasteiger partial charge in [0.1, 0.15) is 0 Å². The minimum atomic E-state index is -0.474. The van der Waals surface area contributed by atoms with Gasteiger partial charge in [0.05, 0.1) is 29.3 Å². The van der Waals surface area contributed by atoms with Gasteiger partial charge in [-0.3, -0.25) is 4.79 Å². The van der Waals surface area contributed by atoms with Gasteiger partial charge < -0.3 is 15.6 Å². The molecule has 2 aromatic rings. The van der Waals surface area contributed by atoms with Crippen LogP contribution in [0.2, 0.25) is 5.02 Å². The Morgan fingerprint density at radius 3 is 3.00 bits per heavy atom. The lowest BCUT2D eigenvalue weighted by molar-refractivity contribution is 0.100. The van der Waals surface area contributed by atoms with Crippen molar-refractivity contribution >= 4 is 23.2 Å². The Morgan fingerprint density at radius 1 is 1.53 bits per heavy atom. The van der Waals surface area contributed by atoms with E-state index in [-0.39, 0.29) is 0 Å². The predicted octanol–water partition coefficient (Wildman–Crippen LogP) is 2.27. The maximum Gasteiger partial charge on any atom is 0.248 e. The Kier molecular flexibility index (Phi) is 4.06. The van der Waals surface area contributed by atoms with E-state index in [2.05, 4.69) is 10.3 Å². The molecule has 0 unspecified atom stereocenters. The third-order valence-corrected chi connectivity index (χ3v) is 3.18. The fraction of sp³-hybridized carbons (Fsp3) is 0.231. The van der Waals surface area contributed by atoms with Crippen molar-refractivity contribution in [2.45, 2.75) is 20.0 Å². The van der Waals surface area contributed by atoms with Gasteiger partial charge in [0, 0.05) is 18.3 Å². The molecule has 0 bridgehead atoms. The quantitative estimate of drug-likeness (QED) is 0.881. The third kappa shape index (κ3) is 3.06. The standard InChI is InChI=1S/C13H15ClN4O/c1-2-18-8-16-6-10(18)7-17-12-5-9(13(15)19)3-4-11(12)14/h3-6,8,17H,2,7H2,1H3,(H2,15,19). The molecule has 0 aliphatic heterocycles. The summed E-state index contributed by atoms with van der Waals surface area (Å²) < 4.78 is 2.03. The second-order valence-electron chi connectivity index (χ2n) is 4.08. The zero-order chi connectivity index (χ0) is 13.8. The zero-order valence-corrected chi connectivity index (χ0v) is 11.3. The molecule has 0 spiro atoms. The van der Waals surface area contributed by atoms with Crippen molar-refractivity contribution in [3.8, 4) is 0 Å². The first-order valence-electron chi connectivity index (χ1n) is 5.94. The Bertz CT molecular complexity index is 594. The van der Waals surface area contributed by atoms with E-state index in [9.17, 15) is 4.79 Å². The van der Waals surface area contributed by atoms with E-state index in [0.717, 1.165) is 12.2 Å². The van der Waals surface area contributed by atoms with Gasteiger partial charge in [0.25, 0.3) is 0 Å². The minimum absolute atomic E-state index is 0.427. The van der Waals surface area contributed by atoms with Crippen molar-refractivity contribution in [3.63, 3.8) is 0 Å². The highest BCUT2D eigenvalue weighted by atomic mass is 35.5. The summed E-state index contributed by atoms with van der Waals surface area (Å²) in [5.74, 6) is -0.474. The first kappa shape index (κ1) is 13.4. The molecular weight excluding hydrogens is 264 g/mol. The summed E-state index contributed by atoms with van der Waals surface area (Å²) in [6.07, 6.45) is 3.57. The summed E-state index contributed by atoms with van der Waals surface area (Å²) in [6.45, 7) is 3.48. The van der Waals surface area contributed by atoms with Crippen molar-refractivity contribution in [1.29, 1.82) is 0 Å². The van der Waals surface area contributed by atoms with Crippen LogP contribution in [0.5, 0.6) is 0 Å². The molecule has 19 heavy (non-hydrogen) atoms. The number of hydrogen-bond donors (Lipinski definition) is 2. The molecule has 0 saturated heterocycles. The van der Waals surface area contributed by atoms with Crippen LogP contribution >= 0.6 is 11.6 Å². The van der Waals surface area contributed by atoms with Crippen molar-refractivity contribution in [2.75, 3.05) is 5.32 Å². The lowest BCUT2D eigenvalue weighted by atomic mass is 10.2. The van der Waals surface area contributed by atoms with Crippen LogP contribution in [0.15, 0.2) is 30.7 Å². The van der Waals surface area contributed by atoms with Crippen LogP contribution in [0.1, 0.15) is 23.0 Å². The molecule has 1 amide bonds. The van der Waals surface area contributed by atoms with Crippen LogP contribution in [-0.2, 0) is 13.1 Å². The lowest BCUT2D eigenvalue weighted by Gasteiger charge is -2.10. The third-order valence-electron chi connectivity index (χ3n) is 2.85. The predicted molar refractivity (Wildman–Crippen MR) is 75.2 cm³/mol. The van der Waals surface area contributed by atoms with Gasteiger partial charge in [-0.2, -0.15) is 0 Å². The number of benzene rings is 1. The number of amides is 1. The number of anilines is 1. The number of nitrogens with one attached hydrogen (secondary N) is 1. The van der Waals surface area contributed by atoms with Crippen molar-refractivity contribution < 1.29 is 4.79 Å². The first-order chi connectivity index (χ1) is 9.11. The van der Waals surface area contributed by atoms with Gasteiger partial charge in [-0.1, -0.05) is 11.6 Å². The summed E-state index contributed by atoms with van der Waals surface area (Å²) in [5, 5.41) is 3.73. The van der Waals surface area contributed by atoms with E-state index in [1.54, 1.807) is 30.7 Å². The second-order valence-corrected chi connectivity index (χ2v) is 4.49. The Labute approximate surface area is 116 Å². The number of hydrogen-bond acceptors (Lipinski definition) is 3. The summed E-state index contributed by atoms with van der Waals surface area (Å²) >= 11 is 6.08. The van der Waals surface area contributed by atoms with Crippen molar-refractivity contribution in [1.82, 2.24) is 9.55 Å². The average molecular weight is 279 g/mol. The monoisotopic (exact) mass is 278 g/mol. The number of imidazole rings is 1. The van der Waals surface area contributed by atoms with Gasteiger partial charge in [-0.25, -0.2) is 4.98 Å². The molecule has 0 aliphatic carbocycles. The maximum absolute atomic E-state index is 11.1. The highest BCUT2D eigenvalue weighted by Gasteiger charge is 2.07. The molecule has 1 aromatic heterocycles. The smallest absolute Gasteiger partial charge is 0.248 e. The van der Waals surface area contributed by atoms with Crippen molar-refractivity contribution in [3.05, 3.63) is 47.0 Å². The molecule has 0 radical (unpaired) electrons. The lowest BCUT2D eigenvalue weighted by Crippen LogP contribution is -2.12. The first-order valence-corrected chi connectivity index (χ1v) is 6.32. The molecule has 5 nitrogen and oxygen atoms in total. The summed E-state index contributed by atoms with van der Waals surface area (Å²) in [5.41, 5.74) is 7.40. The van der Waals surface area contributed by atoms with Crippen LogP contribution in [0.4, 0.5) is 5.69 Å². The molecule has 0 aliphatic rings. The summed E-state index contributed by atoms with van der Waals surface area (Å²) in [7, 11) is 0. The van der Waals surface area contributed by atoms with E-state index in [4.69, 9.17) is 17.3 Å². The van der Waals surface area contributed by atoms with Gasteiger partial charge in [0.2, 0.25) is 5.91 Å². The van der Waals surface area contributed by atoms with Crippen molar-refractivity contribution in [2.24, 2.45) is 5.73 Å². The minimum Gasteiger partial charge on any atom is -0.378 e. The molecule has 6 heteroatoms. The molecule has 2 rings (SSSR count). The van der Waals surface area contributed by atoms with Crippen LogP contribution in [0.3, 0.4) is 0 Å². The topological polar surface area (TPSA) is 72.9 Å². The molecule has 0 atom stereocenters. The van der Waals surface area contributed by atoms with Crippen LogP contribution in [0, 0.1) is 0 Å². The molecule has 3 N–H and O–H groups in total. The van der Waals surface area contributed by atoms with Crippen LogP contribution in [-0.4, -0.2) is 15.5 Å². The van der Waals surface area contributed by atoms with E-state index in [1.807, 2.05) is 11.5 Å². The Balaban J connectivity index is 2.15. The molecule has 1 aromatic carbocycles. The Morgan fingerprint density at radius 2 is 2.32 bits per heavy atom. The fourth-order valence-corrected chi connectivity index (χ4v) is 1.96. The highest BCUT2D eigenvalue weighted by molar-refractivity contribution is 6.33. The molecule has 100 valence electrons. The average Bonchev–Trinajstić information content (AvgIpc) is 2.85. The fourth-order valence-electron chi connectivity index (χ4n) is 1.78. The van der Waals surface area contributed by atoms with E-state index < -0.39 is 5.91 Å². The number of aromatic nitrogens is 2. The molecule has 1 heterocycles. The number of primary amides is 1. The number of aryl methyl sites for hydroxylation is 1. The summed E-state index contributed by atoms with van der Waals surface area (Å²) in [6, 6.07) is 4.91. The van der Waals surface area contributed by atoms with E-state index >= 15 is 0 Å². The van der Waals surface area contributed by atoms with Crippen LogP contribution < -0.4 is 11.1 Å². The molecule has 0 fully saturated rings. The molecular formula is C13H15ClN4O. The highest BCUT2D eigenvalue weighted by Crippen LogP contribution is 2.23. The van der Waals surface area contributed by atoms with Gasteiger partial charge >= 0.3 is 0 Å². The molecule has 0 saturated carbocycles. The normalized spacial score (nSPS) is 10.4. The number of halogens is 1. The van der Waals surface area contributed by atoms with E-state index in [0.29, 0.717) is 22.8 Å². The van der Waals surface area contributed by atoms with Crippen LogP contribution in [0.25, 0.3) is 0 Å². The SMILES string of the molecule is CCn1cncc1CNc1cc(C(N)=O)ccc1Cl. The second kappa shape index (κ2) is 5.75. The maximum atomic E-state index is 11.1. The van der Waals surface area contributed by atoms with Gasteiger partial charge in [-0.05, 0) is 25.1 Å². The largest absolute Gasteiger partial charge is 0.378 e. The number of rotatable bonds is 5. The number of carbonyl (C=O) groups excluding carboxylic acids is 1.